The highest BCUT2D eigenvalue weighted by Gasteiger charge is 2.21. The van der Waals surface area contributed by atoms with Gasteiger partial charge in [0.1, 0.15) is 0 Å². The molecule has 1 heterocycles. The Morgan fingerprint density at radius 3 is 2.38 bits per heavy atom. The van der Waals surface area contributed by atoms with Crippen molar-refractivity contribution >= 4 is 22.9 Å². The van der Waals surface area contributed by atoms with E-state index in [2.05, 4.69) is 12.2 Å². The summed E-state index contributed by atoms with van der Waals surface area (Å²) in [5.41, 5.74) is 0. The van der Waals surface area contributed by atoms with E-state index in [1.807, 2.05) is 0 Å². The van der Waals surface area contributed by atoms with Gasteiger partial charge in [0.05, 0.1) is 0 Å². The third-order valence-corrected chi connectivity index (χ3v) is 1.58. The van der Waals surface area contributed by atoms with Crippen molar-refractivity contribution in [3.8, 4) is 0 Å². The van der Waals surface area contributed by atoms with Crippen LogP contribution in [0.25, 0.3) is 0 Å². The predicted molar refractivity (Wildman–Crippen MR) is 30.3 cm³/mol. The van der Waals surface area contributed by atoms with Gasteiger partial charge in [0, 0.05) is 0 Å². The van der Waals surface area contributed by atoms with Gasteiger partial charge in [-0.2, -0.15) is 0 Å². The predicted octanol–water partition coefficient (Wildman–Crippen LogP) is 0.172. The van der Waals surface area contributed by atoms with Crippen LogP contribution in [0.5, 0.6) is 0 Å². The molecule has 0 aromatic rings. The molecule has 0 aromatic heterocycles. The molecule has 1 saturated heterocycles. The van der Waals surface area contributed by atoms with Gasteiger partial charge >= 0.3 is 0 Å². The van der Waals surface area contributed by atoms with Crippen LogP contribution in [0.2, 0.25) is 0 Å². The van der Waals surface area contributed by atoms with Crippen LogP contribution in [0.3, 0.4) is 0 Å². The van der Waals surface area contributed by atoms with E-state index in [0.29, 0.717) is 0 Å². The topological polar surface area (TPSA) is 46.2 Å². The average Bonchev–Trinajstić information content (AvgIpc) is 1.85. The molecule has 1 fully saturated rings. The number of imide groups is 1. The van der Waals surface area contributed by atoms with Crippen LogP contribution in [0.15, 0.2) is 0 Å². The number of hydrogen-bond donors (Lipinski definition) is 1. The lowest BCUT2D eigenvalue weighted by atomic mass is 10.5. The Morgan fingerprint density at radius 1 is 1.62 bits per heavy atom. The van der Waals surface area contributed by atoms with Crippen molar-refractivity contribution in [2.75, 3.05) is 0 Å². The standard InChI is InChI=1S/C4H4NO2S/c1-2-3(6)5-4(7)8-2/h2H,1H2,(H,5,6,7)/q-1. The summed E-state index contributed by atoms with van der Waals surface area (Å²) in [5, 5.41) is 1.35. The maximum absolute atomic E-state index is 10.4. The van der Waals surface area contributed by atoms with E-state index in [0.717, 1.165) is 11.8 Å². The molecule has 0 bridgehead atoms. The summed E-state index contributed by atoms with van der Waals surface area (Å²) in [7, 11) is 0. The Morgan fingerprint density at radius 2 is 2.25 bits per heavy atom. The lowest BCUT2D eigenvalue weighted by molar-refractivity contribution is -0.118. The fraction of sp³-hybridized carbons (Fsp3) is 0.250. The number of rotatable bonds is 0. The number of hydrogen-bond acceptors (Lipinski definition) is 3. The van der Waals surface area contributed by atoms with E-state index in [1.54, 1.807) is 0 Å². The molecule has 44 valence electrons. The van der Waals surface area contributed by atoms with E-state index in [-0.39, 0.29) is 11.1 Å². The van der Waals surface area contributed by atoms with Crippen LogP contribution in [0.1, 0.15) is 0 Å². The summed E-state index contributed by atoms with van der Waals surface area (Å²) in [6, 6.07) is 0. The van der Waals surface area contributed by atoms with Gasteiger partial charge in [-0.3, -0.25) is 14.9 Å². The van der Waals surface area contributed by atoms with Gasteiger partial charge in [0.15, 0.2) is 0 Å². The van der Waals surface area contributed by atoms with Crippen molar-refractivity contribution in [1.29, 1.82) is 0 Å². The van der Waals surface area contributed by atoms with Crippen molar-refractivity contribution in [2.45, 2.75) is 5.25 Å². The van der Waals surface area contributed by atoms with Gasteiger partial charge in [-0.15, -0.1) is 0 Å². The Labute approximate surface area is 50.8 Å². The second-order valence-corrected chi connectivity index (χ2v) is 2.56. The van der Waals surface area contributed by atoms with Crippen molar-refractivity contribution in [3.63, 3.8) is 0 Å². The molecule has 1 N–H and O–H groups in total. The van der Waals surface area contributed by atoms with Gasteiger partial charge in [0.2, 0.25) is 5.91 Å². The maximum Gasteiger partial charge on any atom is 0.283 e. The van der Waals surface area contributed by atoms with Gasteiger partial charge in [-0.25, -0.2) is 0 Å². The van der Waals surface area contributed by atoms with Crippen molar-refractivity contribution in [2.24, 2.45) is 0 Å². The quantitative estimate of drug-likeness (QED) is 0.475. The molecule has 0 radical (unpaired) electrons. The van der Waals surface area contributed by atoms with Crippen molar-refractivity contribution in [3.05, 3.63) is 6.92 Å². The number of carbonyl (C=O) groups is 2. The Hall–Kier alpha value is -0.510. The minimum atomic E-state index is -0.442. The molecule has 0 spiro atoms. The number of carbonyl (C=O) groups excluding carboxylic acids is 2. The molecule has 2 amide bonds. The number of nitrogens with one attached hydrogen (secondary N) is 1. The van der Waals surface area contributed by atoms with E-state index < -0.39 is 5.25 Å². The van der Waals surface area contributed by atoms with E-state index >= 15 is 0 Å². The van der Waals surface area contributed by atoms with Gasteiger partial charge in [0.25, 0.3) is 5.24 Å². The molecule has 1 atom stereocenters. The molecule has 0 aromatic carbocycles. The first-order valence-corrected chi connectivity index (χ1v) is 2.92. The first kappa shape index (κ1) is 5.62. The zero-order valence-electron chi connectivity index (χ0n) is 4.01. The van der Waals surface area contributed by atoms with Crippen LogP contribution in [-0.2, 0) is 4.79 Å². The molecule has 1 aliphatic heterocycles. The highest BCUT2D eigenvalue weighted by molar-refractivity contribution is 8.15. The minimum Gasteiger partial charge on any atom is -0.321 e. The maximum atomic E-state index is 10.4. The summed E-state index contributed by atoms with van der Waals surface area (Å²) >= 11 is 0.918. The Balaban J connectivity index is 2.64. The van der Waals surface area contributed by atoms with Gasteiger partial charge in [-0.05, 0) is 5.25 Å². The largest absolute Gasteiger partial charge is 0.321 e. The minimum absolute atomic E-state index is 0.292. The lowest BCUT2D eigenvalue weighted by Gasteiger charge is -1.96. The number of amides is 2. The van der Waals surface area contributed by atoms with E-state index in [4.69, 9.17) is 0 Å². The molecule has 1 unspecified atom stereocenters. The lowest BCUT2D eigenvalue weighted by Crippen LogP contribution is -2.22. The molecule has 8 heavy (non-hydrogen) atoms. The second-order valence-electron chi connectivity index (χ2n) is 1.38. The summed E-state index contributed by atoms with van der Waals surface area (Å²) in [6.07, 6.45) is 0. The first-order valence-electron chi connectivity index (χ1n) is 2.04. The summed E-state index contributed by atoms with van der Waals surface area (Å²) in [5.74, 6) is -0.292. The van der Waals surface area contributed by atoms with E-state index in [1.165, 1.54) is 0 Å². The van der Waals surface area contributed by atoms with Crippen LogP contribution in [-0.4, -0.2) is 16.4 Å². The second kappa shape index (κ2) is 1.78. The smallest absolute Gasteiger partial charge is 0.283 e. The Bertz CT molecular complexity index is 145. The number of thioether (sulfide) groups is 1. The molecule has 4 heteroatoms. The van der Waals surface area contributed by atoms with Crippen molar-refractivity contribution < 1.29 is 9.59 Å². The third kappa shape index (κ3) is 0.838. The van der Waals surface area contributed by atoms with Gasteiger partial charge < -0.3 is 6.92 Å². The Kier molecular flexibility index (Phi) is 1.25. The highest BCUT2D eigenvalue weighted by Crippen LogP contribution is 2.16. The van der Waals surface area contributed by atoms with E-state index in [9.17, 15) is 9.59 Å². The van der Waals surface area contributed by atoms with Crippen LogP contribution in [0, 0.1) is 6.92 Å². The zero-order valence-corrected chi connectivity index (χ0v) is 4.83. The van der Waals surface area contributed by atoms with Crippen molar-refractivity contribution in [1.82, 2.24) is 5.32 Å². The highest BCUT2D eigenvalue weighted by atomic mass is 32.2. The molecule has 1 rings (SSSR count). The molecular weight excluding hydrogens is 126 g/mol. The van der Waals surface area contributed by atoms with Crippen LogP contribution in [0.4, 0.5) is 4.79 Å². The molecule has 3 nitrogen and oxygen atoms in total. The van der Waals surface area contributed by atoms with Crippen LogP contribution < -0.4 is 5.32 Å². The van der Waals surface area contributed by atoms with Crippen LogP contribution >= 0.6 is 11.8 Å². The normalized spacial score (nSPS) is 28.4. The fourth-order valence-electron chi connectivity index (χ4n) is 0.393. The fourth-order valence-corrected chi connectivity index (χ4v) is 0.977. The summed E-state index contributed by atoms with van der Waals surface area (Å²) in [4.78, 5) is 20.6. The molecular formula is C4H4NO2S-. The molecule has 0 aliphatic carbocycles. The zero-order chi connectivity index (χ0) is 6.15. The van der Waals surface area contributed by atoms with Gasteiger partial charge in [-0.1, -0.05) is 11.8 Å². The SMILES string of the molecule is [CH2-]C1SC(=O)NC1=O. The summed E-state index contributed by atoms with van der Waals surface area (Å²) < 4.78 is 0. The molecule has 1 aliphatic rings. The third-order valence-electron chi connectivity index (χ3n) is 0.767. The molecule has 0 saturated carbocycles. The first-order chi connectivity index (χ1) is 3.70. The monoisotopic (exact) mass is 130 g/mol. The summed E-state index contributed by atoms with van der Waals surface area (Å²) in [6.45, 7) is 3.40. The average molecular weight is 130 g/mol.